The van der Waals surface area contributed by atoms with Gasteiger partial charge in [-0.2, -0.15) is 0 Å². The fourth-order valence-corrected chi connectivity index (χ4v) is 6.59. The van der Waals surface area contributed by atoms with E-state index >= 15 is 0 Å². The minimum Gasteiger partial charge on any atom is -0.349 e. The van der Waals surface area contributed by atoms with Crippen LogP contribution in [-0.2, 0) is 25.7 Å². The molecule has 4 nitrogen and oxygen atoms in total. The third kappa shape index (κ3) is 3.44. The maximum absolute atomic E-state index is 6.33. The van der Waals surface area contributed by atoms with Crippen LogP contribution < -0.4 is 0 Å². The van der Waals surface area contributed by atoms with Crippen LogP contribution in [0.3, 0.4) is 0 Å². The van der Waals surface area contributed by atoms with E-state index in [9.17, 15) is 0 Å². The van der Waals surface area contributed by atoms with Crippen LogP contribution >= 0.6 is 23.2 Å². The molecule has 6 rings (SSSR count). The number of hydrogen-bond donors (Lipinski definition) is 0. The fourth-order valence-electron chi connectivity index (χ4n) is 6.27. The van der Waals surface area contributed by atoms with Gasteiger partial charge in [0.15, 0.2) is 11.9 Å². The van der Waals surface area contributed by atoms with Crippen molar-refractivity contribution in [2.24, 2.45) is 23.7 Å². The van der Waals surface area contributed by atoms with E-state index in [1.165, 1.54) is 12.0 Å². The average Bonchev–Trinajstić information content (AvgIpc) is 2.93. The van der Waals surface area contributed by atoms with Crippen molar-refractivity contribution in [2.75, 3.05) is 6.61 Å². The monoisotopic (exact) mass is 440 g/mol. The summed E-state index contributed by atoms with van der Waals surface area (Å²) in [6, 6.07) is 5.93. The Labute approximate surface area is 183 Å². The highest BCUT2D eigenvalue weighted by Crippen LogP contribution is 2.60. The van der Waals surface area contributed by atoms with E-state index in [1.54, 1.807) is 0 Å². The third-order valence-electron chi connectivity index (χ3n) is 7.83. The minimum absolute atomic E-state index is 0.312. The summed E-state index contributed by atoms with van der Waals surface area (Å²) in [5.74, 6) is 1.21. The molecule has 5 aliphatic rings. The summed E-state index contributed by atoms with van der Waals surface area (Å²) >= 11 is 12.2. The third-order valence-corrected chi connectivity index (χ3v) is 8.57. The molecule has 5 fully saturated rings. The first-order valence-corrected chi connectivity index (χ1v) is 11.8. The van der Waals surface area contributed by atoms with Gasteiger partial charge in [-0.15, -0.1) is 0 Å². The number of fused-ring (bicyclic) bond motifs is 2. The fraction of sp³-hybridized carbons (Fsp3) is 0.739. The molecule has 0 unspecified atom stereocenters. The van der Waals surface area contributed by atoms with Gasteiger partial charge >= 0.3 is 0 Å². The smallest absolute Gasteiger partial charge is 0.201 e. The van der Waals surface area contributed by atoms with E-state index in [4.69, 9.17) is 42.5 Å². The standard InChI is InChI=1S/C23H30Cl2O4/c1-14-6-8-18-16(5-3-4-15-7-9-19(24)20(25)12-15)13-26-21-23(18)17(14)10-11-22(2,27-21)28-29-23/h7,9,12,14,16-18,21H,3-6,8,10-11,13H2,1-2H3/t14-,16+,17+,18+,21-,22+,23-/m1/s1. The van der Waals surface area contributed by atoms with Gasteiger partial charge in [0.1, 0.15) is 0 Å². The van der Waals surface area contributed by atoms with Crippen molar-refractivity contribution in [3.05, 3.63) is 33.8 Å². The van der Waals surface area contributed by atoms with Crippen LogP contribution in [0.25, 0.3) is 0 Å². The minimum atomic E-state index is -0.682. The summed E-state index contributed by atoms with van der Waals surface area (Å²) in [5.41, 5.74) is 0.772. The second-order valence-electron chi connectivity index (χ2n) is 9.64. The molecule has 1 aliphatic carbocycles. The molecular formula is C23H30Cl2O4. The lowest BCUT2D eigenvalue weighted by molar-refractivity contribution is -0.567. The number of hydrogen-bond acceptors (Lipinski definition) is 4. The van der Waals surface area contributed by atoms with Crippen LogP contribution in [0.5, 0.6) is 0 Å². The molecule has 6 heteroatoms. The molecule has 0 radical (unpaired) electrons. The number of aryl methyl sites for hydroxylation is 1. The summed E-state index contributed by atoms with van der Waals surface area (Å²) < 4.78 is 12.6. The zero-order valence-electron chi connectivity index (χ0n) is 17.2. The summed E-state index contributed by atoms with van der Waals surface area (Å²) in [4.78, 5) is 12.1. The van der Waals surface area contributed by atoms with E-state index in [2.05, 4.69) is 13.0 Å². The molecular weight excluding hydrogens is 411 g/mol. The quantitative estimate of drug-likeness (QED) is 0.523. The van der Waals surface area contributed by atoms with Crippen molar-refractivity contribution < 1.29 is 19.2 Å². The second kappa shape index (κ2) is 7.65. The highest BCUT2D eigenvalue weighted by Gasteiger charge is 2.68. The summed E-state index contributed by atoms with van der Waals surface area (Å²) in [7, 11) is 0. The molecule has 4 saturated heterocycles. The molecule has 0 amide bonds. The van der Waals surface area contributed by atoms with Gasteiger partial charge in [0.2, 0.25) is 5.79 Å². The van der Waals surface area contributed by atoms with Gasteiger partial charge in [0, 0.05) is 12.3 Å². The number of ether oxygens (including phenoxy) is 2. The molecule has 0 N–H and O–H groups in total. The summed E-state index contributed by atoms with van der Waals surface area (Å²) in [6.45, 7) is 5.06. The Balaban J connectivity index is 1.32. The Bertz CT molecular complexity index is 773. The van der Waals surface area contributed by atoms with Crippen molar-refractivity contribution in [1.82, 2.24) is 0 Å². The highest BCUT2D eigenvalue weighted by atomic mass is 35.5. The van der Waals surface area contributed by atoms with Crippen LogP contribution in [0.2, 0.25) is 10.0 Å². The normalized spacial score (nSPS) is 43.7. The molecule has 29 heavy (non-hydrogen) atoms. The van der Waals surface area contributed by atoms with E-state index < -0.39 is 11.4 Å². The number of rotatable bonds is 4. The van der Waals surface area contributed by atoms with Gasteiger partial charge in [0.25, 0.3) is 0 Å². The summed E-state index contributed by atoms with van der Waals surface area (Å²) in [6.07, 6.45) is 7.19. The van der Waals surface area contributed by atoms with Gasteiger partial charge in [-0.3, -0.25) is 0 Å². The van der Waals surface area contributed by atoms with Crippen molar-refractivity contribution in [1.29, 1.82) is 0 Å². The van der Waals surface area contributed by atoms with E-state index in [0.717, 1.165) is 45.1 Å². The lowest BCUT2D eigenvalue weighted by Crippen LogP contribution is -2.69. The van der Waals surface area contributed by atoms with E-state index in [-0.39, 0.29) is 6.29 Å². The molecule has 1 spiro atoms. The second-order valence-corrected chi connectivity index (χ2v) is 10.5. The van der Waals surface area contributed by atoms with Gasteiger partial charge in [0.05, 0.1) is 16.7 Å². The Morgan fingerprint density at radius 3 is 2.76 bits per heavy atom. The van der Waals surface area contributed by atoms with Gasteiger partial charge in [-0.25, -0.2) is 9.78 Å². The average molecular weight is 441 g/mol. The van der Waals surface area contributed by atoms with Crippen LogP contribution in [-0.4, -0.2) is 24.3 Å². The first-order chi connectivity index (χ1) is 13.9. The van der Waals surface area contributed by atoms with Gasteiger partial charge in [-0.05, 0) is 80.9 Å². The van der Waals surface area contributed by atoms with Crippen LogP contribution in [0.15, 0.2) is 18.2 Å². The van der Waals surface area contributed by atoms with Gasteiger partial charge < -0.3 is 9.47 Å². The Morgan fingerprint density at radius 2 is 1.93 bits per heavy atom. The van der Waals surface area contributed by atoms with Crippen LogP contribution in [0, 0.1) is 23.7 Å². The number of benzene rings is 1. The first kappa shape index (κ1) is 20.5. The molecule has 4 aliphatic heterocycles. The zero-order valence-corrected chi connectivity index (χ0v) is 18.7. The topological polar surface area (TPSA) is 36.9 Å². The van der Waals surface area contributed by atoms with Crippen molar-refractivity contribution >= 4 is 23.2 Å². The zero-order chi connectivity index (χ0) is 20.2. The van der Waals surface area contributed by atoms with Crippen LogP contribution in [0.4, 0.5) is 0 Å². The molecule has 1 aromatic carbocycles. The van der Waals surface area contributed by atoms with Gasteiger partial charge in [-0.1, -0.05) is 36.2 Å². The maximum Gasteiger partial charge on any atom is 0.201 e. The predicted molar refractivity (Wildman–Crippen MR) is 112 cm³/mol. The first-order valence-electron chi connectivity index (χ1n) is 11.0. The van der Waals surface area contributed by atoms with Crippen molar-refractivity contribution in [3.8, 4) is 0 Å². The predicted octanol–water partition coefficient (Wildman–Crippen LogP) is 6.18. The lowest BCUT2D eigenvalue weighted by atomic mass is 9.57. The van der Waals surface area contributed by atoms with E-state index in [0.29, 0.717) is 33.7 Å². The molecule has 1 saturated carbocycles. The highest BCUT2D eigenvalue weighted by molar-refractivity contribution is 6.42. The number of halogens is 2. The molecule has 0 aromatic heterocycles. The Kier molecular flexibility index (Phi) is 5.42. The lowest BCUT2D eigenvalue weighted by Gasteiger charge is -2.59. The van der Waals surface area contributed by atoms with Crippen LogP contribution in [0.1, 0.15) is 57.9 Å². The molecule has 2 bridgehead atoms. The molecule has 4 heterocycles. The molecule has 7 atom stereocenters. The van der Waals surface area contributed by atoms with Crippen molar-refractivity contribution in [2.45, 2.75) is 76.5 Å². The Morgan fingerprint density at radius 1 is 1.07 bits per heavy atom. The SMILES string of the molecule is C[C@@H]1CC[C@H]2[C@@H](CCCc3ccc(Cl)c(Cl)c3)CO[C@@H]3O[C@]4(C)CC[C@@H]1[C@]32OO4. The van der Waals surface area contributed by atoms with E-state index in [1.807, 2.05) is 19.1 Å². The maximum atomic E-state index is 6.33. The Hall–Kier alpha value is -0.360. The molecule has 1 aromatic rings. The molecule has 160 valence electrons. The largest absolute Gasteiger partial charge is 0.349 e. The summed E-state index contributed by atoms with van der Waals surface area (Å²) in [5, 5.41) is 1.24. The van der Waals surface area contributed by atoms with Crippen molar-refractivity contribution in [3.63, 3.8) is 0 Å².